The van der Waals surface area contributed by atoms with E-state index in [0.717, 1.165) is 65.1 Å². The number of aromatic nitrogens is 1. The molecule has 2 fully saturated rings. The molecular weight excluding hydrogens is 601 g/mol. The highest BCUT2D eigenvalue weighted by atomic mass is 32.2. The van der Waals surface area contributed by atoms with Gasteiger partial charge in [-0.05, 0) is 55.2 Å². The van der Waals surface area contributed by atoms with Crippen LogP contribution in [-0.4, -0.2) is 59.6 Å². The van der Waals surface area contributed by atoms with Gasteiger partial charge in [0.05, 0.1) is 22.2 Å². The fraction of sp³-hybridized carbons (Fsp3) is 0.400. The number of carbonyl (C=O) groups is 3. The molecule has 2 aromatic carbocycles. The van der Waals surface area contributed by atoms with Gasteiger partial charge in [0.25, 0.3) is 0 Å². The molecule has 0 N–H and O–H groups in total. The van der Waals surface area contributed by atoms with E-state index in [9.17, 15) is 32.3 Å². The average Bonchev–Trinajstić information content (AvgIpc) is 3.43. The van der Waals surface area contributed by atoms with Gasteiger partial charge in [0, 0.05) is 43.7 Å². The fourth-order valence-corrected chi connectivity index (χ4v) is 8.82. The van der Waals surface area contributed by atoms with E-state index in [1.807, 2.05) is 43.3 Å². The number of piperidine rings is 1. The number of likely N-dealkylation sites (tertiary alicyclic amines) is 1. The summed E-state index contributed by atoms with van der Waals surface area (Å²) in [5, 5.41) is -0.534. The molecule has 2 unspecified atom stereocenters. The van der Waals surface area contributed by atoms with Gasteiger partial charge >= 0.3 is 11.0 Å². The van der Waals surface area contributed by atoms with E-state index in [1.165, 1.54) is 16.7 Å². The summed E-state index contributed by atoms with van der Waals surface area (Å²) in [6.45, 7) is 1.07. The van der Waals surface area contributed by atoms with E-state index in [-0.39, 0.29) is 23.0 Å². The molecular formula is C30H29F3N4O4S2. The lowest BCUT2D eigenvalue weighted by molar-refractivity contribution is -0.137. The van der Waals surface area contributed by atoms with Crippen LogP contribution >= 0.6 is 23.1 Å². The zero-order valence-electron chi connectivity index (χ0n) is 23.5. The number of rotatable bonds is 5. The van der Waals surface area contributed by atoms with E-state index in [2.05, 4.69) is 0 Å². The van der Waals surface area contributed by atoms with Gasteiger partial charge in [-0.25, -0.2) is 4.90 Å². The predicted octanol–water partition coefficient (Wildman–Crippen LogP) is 4.80. The zero-order valence-corrected chi connectivity index (χ0v) is 25.1. The molecule has 3 amide bonds. The Morgan fingerprint density at radius 3 is 2.33 bits per heavy atom. The highest BCUT2D eigenvalue weighted by Crippen LogP contribution is 2.54. The molecule has 1 aromatic heterocycles. The molecule has 3 atom stereocenters. The number of alkyl halides is 3. The number of amides is 3. The number of thiazole rings is 1. The highest BCUT2D eigenvalue weighted by Gasteiger charge is 2.57. The van der Waals surface area contributed by atoms with Crippen molar-refractivity contribution in [3.8, 4) is 0 Å². The summed E-state index contributed by atoms with van der Waals surface area (Å²) < 4.78 is 41.9. The maximum Gasteiger partial charge on any atom is 0.416 e. The summed E-state index contributed by atoms with van der Waals surface area (Å²) in [4.78, 5) is 59.1. The number of nitrogens with zero attached hydrogens (tertiary/aromatic N) is 4. The molecule has 0 saturated carbocycles. The number of benzene rings is 2. The third-order valence-electron chi connectivity index (χ3n) is 8.25. The summed E-state index contributed by atoms with van der Waals surface area (Å²) in [6, 6.07) is 11.6. The first-order valence-electron chi connectivity index (χ1n) is 14.0. The van der Waals surface area contributed by atoms with Crippen LogP contribution in [-0.2, 0) is 27.1 Å². The number of thioether (sulfide) groups is 1. The second-order valence-electron chi connectivity index (χ2n) is 11.2. The molecule has 6 rings (SSSR count). The lowest BCUT2D eigenvalue weighted by atomic mass is 9.83. The molecule has 0 bridgehead atoms. The minimum Gasteiger partial charge on any atom is -0.378 e. The van der Waals surface area contributed by atoms with Gasteiger partial charge in [-0.3, -0.25) is 23.7 Å². The summed E-state index contributed by atoms with van der Waals surface area (Å²) in [7, 11) is 3.77. The highest BCUT2D eigenvalue weighted by molar-refractivity contribution is 8.00. The van der Waals surface area contributed by atoms with Crippen molar-refractivity contribution in [3.63, 3.8) is 0 Å². The standard InChI is InChI=1S/C30H29F3N4O4S2/c1-34(2)19-11-9-17(10-12-19)22-23-24(27(40)37(26(23)39)20-8-6-7-18(15-20)30(31,32)33)42-28-25(22)43-29(41)36(28)16-21(38)35-13-4-3-5-14-35/h6-12,15,22-24H,3-5,13-14,16H2,1-2H3/t22-,23?,24?/m1/s1. The van der Waals surface area contributed by atoms with Crippen molar-refractivity contribution in [1.29, 1.82) is 0 Å². The number of fused-ring (bicyclic) bond motifs is 2. The molecule has 3 aliphatic rings. The monoisotopic (exact) mass is 630 g/mol. The van der Waals surface area contributed by atoms with Gasteiger partial charge in [0.1, 0.15) is 11.8 Å². The van der Waals surface area contributed by atoms with Crippen LogP contribution < -0.4 is 14.7 Å². The van der Waals surface area contributed by atoms with Crippen molar-refractivity contribution in [1.82, 2.24) is 9.47 Å². The first-order valence-corrected chi connectivity index (χ1v) is 15.7. The van der Waals surface area contributed by atoms with Gasteiger partial charge in [0.15, 0.2) is 0 Å². The summed E-state index contributed by atoms with van der Waals surface area (Å²) >= 11 is 2.00. The number of imide groups is 1. The van der Waals surface area contributed by atoms with Crippen molar-refractivity contribution >= 4 is 52.2 Å². The molecule has 2 saturated heterocycles. The van der Waals surface area contributed by atoms with Crippen molar-refractivity contribution in [2.75, 3.05) is 37.0 Å². The molecule has 3 aliphatic heterocycles. The van der Waals surface area contributed by atoms with Crippen molar-refractivity contribution in [2.45, 2.75) is 48.2 Å². The zero-order chi connectivity index (χ0) is 30.6. The van der Waals surface area contributed by atoms with Gasteiger partial charge in [-0.2, -0.15) is 13.2 Å². The SMILES string of the molecule is CN(C)c1ccc([C@H]2c3sc(=O)n(CC(=O)N4CCCCC4)c3SC3C(=O)N(c4cccc(C(F)(F)F)c4)C(=O)C32)cc1. The van der Waals surface area contributed by atoms with Crippen molar-refractivity contribution in [2.24, 2.45) is 5.92 Å². The largest absolute Gasteiger partial charge is 0.416 e. The lowest BCUT2D eigenvalue weighted by Gasteiger charge is -2.31. The molecule has 0 spiro atoms. The minimum absolute atomic E-state index is 0.150. The third-order valence-corrected chi connectivity index (χ3v) is 10.9. The minimum atomic E-state index is -4.65. The van der Waals surface area contributed by atoms with Crippen LogP contribution in [0.1, 0.15) is 41.2 Å². The molecule has 0 aliphatic carbocycles. The van der Waals surface area contributed by atoms with E-state index in [1.54, 1.807) is 4.90 Å². The lowest BCUT2D eigenvalue weighted by Crippen LogP contribution is -2.39. The van der Waals surface area contributed by atoms with Gasteiger partial charge in [-0.1, -0.05) is 41.3 Å². The number of carbonyl (C=O) groups excluding carboxylic acids is 3. The third kappa shape index (κ3) is 5.26. The number of hydrogen-bond acceptors (Lipinski definition) is 7. The smallest absolute Gasteiger partial charge is 0.378 e. The Bertz CT molecular complexity index is 1640. The molecule has 8 nitrogen and oxygen atoms in total. The van der Waals surface area contributed by atoms with Crippen LogP contribution in [0.15, 0.2) is 58.4 Å². The number of hydrogen-bond donors (Lipinski definition) is 0. The van der Waals surface area contributed by atoms with Crippen LogP contribution in [0.2, 0.25) is 0 Å². The summed E-state index contributed by atoms with van der Waals surface area (Å²) in [5.41, 5.74) is 0.489. The van der Waals surface area contributed by atoms with Crippen LogP contribution in [0.25, 0.3) is 0 Å². The molecule has 43 heavy (non-hydrogen) atoms. The maximum absolute atomic E-state index is 14.0. The Labute approximate surface area is 254 Å². The van der Waals surface area contributed by atoms with Crippen LogP contribution in [0.5, 0.6) is 0 Å². The Morgan fingerprint density at radius 2 is 1.67 bits per heavy atom. The van der Waals surface area contributed by atoms with Gasteiger partial charge < -0.3 is 9.80 Å². The second kappa shape index (κ2) is 11.2. The van der Waals surface area contributed by atoms with Gasteiger partial charge in [-0.15, -0.1) is 0 Å². The molecule has 226 valence electrons. The normalized spacial score (nSPS) is 22.0. The first kappa shape index (κ1) is 29.5. The van der Waals surface area contributed by atoms with Crippen molar-refractivity contribution in [3.05, 3.63) is 74.2 Å². The average molecular weight is 631 g/mol. The Kier molecular flexibility index (Phi) is 7.66. The van der Waals surface area contributed by atoms with E-state index in [0.29, 0.717) is 28.6 Å². The fourth-order valence-electron chi connectivity index (χ4n) is 6.05. The Hall–Kier alpha value is -3.58. The quantitative estimate of drug-likeness (QED) is 0.377. The number of halogens is 3. The Morgan fingerprint density at radius 1 is 0.977 bits per heavy atom. The van der Waals surface area contributed by atoms with Crippen LogP contribution in [0, 0.1) is 5.92 Å². The first-order chi connectivity index (χ1) is 20.5. The second-order valence-corrected chi connectivity index (χ2v) is 13.3. The maximum atomic E-state index is 14.0. The van der Waals surface area contributed by atoms with E-state index >= 15 is 0 Å². The topological polar surface area (TPSA) is 82.9 Å². The molecule has 0 radical (unpaired) electrons. The molecule has 3 aromatic rings. The molecule has 4 heterocycles. The summed E-state index contributed by atoms with van der Waals surface area (Å²) in [5.74, 6) is -3.10. The Balaban J connectivity index is 1.43. The molecule has 13 heteroatoms. The van der Waals surface area contributed by atoms with Crippen LogP contribution in [0.3, 0.4) is 0 Å². The van der Waals surface area contributed by atoms with Crippen molar-refractivity contribution < 1.29 is 27.6 Å². The summed E-state index contributed by atoms with van der Waals surface area (Å²) in [6.07, 6.45) is -1.81. The number of anilines is 2. The van der Waals surface area contributed by atoms with Crippen LogP contribution in [0.4, 0.5) is 24.5 Å². The van der Waals surface area contributed by atoms with E-state index < -0.39 is 40.6 Å². The van der Waals surface area contributed by atoms with Gasteiger partial charge in [0.2, 0.25) is 17.7 Å². The van der Waals surface area contributed by atoms with E-state index in [4.69, 9.17) is 0 Å². The predicted molar refractivity (Wildman–Crippen MR) is 159 cm³/mol.